The number of ether oxygens (including phenoxy) is 1. The Labute approximate surface area is 110 Å². The number of carbonyl (C=O) groups excluding carboxylic acids is 1. The highest BCUT2D eigenvalue weighted by Crippen LogP contribution is 2.30. The van der Waals surface area contributed by atoms with Crippen LogP contribution in [0.5, 0.6) is 0 Å². The van der Waals surface area contributed by atoms with Gasteiger partial charge in [0.2, 0.25) is 5.91 Å². The molecule has 0 unspecified atom stereocenters. The van der Waals surface area contributed by atoms with Gasteiger partial charge in [0, 0.05) is 25.8 Å². The van der Waals surface area contributed by atoms with Crippen LogP contribution in [-0.2, 0) is 9.53 Å². The fraction of sp³-hybridized carbons (Fsp3) is 0.545. The van der Waals surface area contributed by atoms with Crippen LogP contribution in [0.4, 0.5) is 5.82 Å². The van der Waals surface area contributed by atoms with Crippen molar-refractivity contribution in [2.24, 2.45) is 11.1 Å². The van der Waals surface area contributed by atoms with E-state index in [-0.39, 0.29) is 11.1 Å². The van der Waals surface area contributed by atoms with Crippen LogP contribution in [0, 0.1) is 5.41 Å². The van der Waals surface area contributed by atoms with Crippen LogP contribution in [0.1, 0.15) is 12.8 Å². The molecule has 98 valence electrons. The number of aromatic nitrogens is 2. The molecule has 18 heavy (non-hydrogen) atoms. The zero-order valence-corrected chi connectivity index (χ0v) is 10.6. The van der Waals surface area contributed by atoms with Gasteiger partial charge in [0.25, 0.3) is 0 Å². The van der Waals surface area contributed by atoms with Crippen molar-refractivity contribution >= 4 is 23.3 Å². The van der Waals surface area contributed by atoms with Crippen molar-refractivity contribution in [2.45, 2.75) is 12.8 Å². The Morgan fingerprint density at radius 1 is 1.50 bits per heavy atom. The van der Waals surface area contributed by atoms with E-state index in [9.17, 15) is 4.79 Å². The van der Waals surface area contributed by atoms with Gasteiger partial charge in [0.1, 0.15) is 17.3 Å². The lowest BCUT2D eigenvalue weighted by Gasteiger charge is -2.34. The lowest BCUT2D eigenvalue weighted by Crippen LogP contribution is -2.46. The smallest absolute Gasteiger partial charge is 0.233 e. The molecule has 2 heterocycles. The Hall–Kier alpha value is -1.24. The summed E-state index contributed by atoms with van der Waals surface area (Å²) in [6.07, 6.45) is 2.54. The first-order chi connectivity index (χ1) is 8.66. The van der Waals surface area contributed by atoms with E-state index in [1.165, 1.54) is 12.4 Å². The molecule has 6 nitrogen and oxygen atoms in total. The topological polar surface area (TPSA) is 90.1 Å². The first-order valence-electron chi connectivity index (χ1n) is 5.73. The number of rotatable bonds is 3. The van der Waals surface area contributed by atoms with Crippen molar-refractivity contribution in [1.29, 1.82) is 0 Å². The largest absolute Gasteiger partial charge is 0.381 e. The van der Waals surface area contributed by atoms with Crippen molar-refractivity contribution in [3.05, 3.63) is 17.5 Å². The summed E-state index contributed by atoms with van der Waals surface area (Å²) in [7, 11) is 0. The van der Waals surface area contributed by atoms with Crippen LogP contribution in [0.2, 0.25) is 5.15 Å². The molecule has 0 spiro atoms. The summed E-state index contributed by atoms with van der Waals surface area (Å²) in [5, 5.41) is 3.02. The van der Waals surface area contributed by atoms with Crippen molar-refractivity contribution in [1.82, 2.24) is 9.97 Å². The average molecular weight is 271 g/mol. The zero-order valence-electron chi connectivity index (χ0n) is 9.86. The summed E-state index contributed by atoms with van der Waals surface area (Å²) in [6, 6.07) is 1.50. The third-order valence-electron chi connectivity index (χ3n) is 3.20. The van der Waals surface area contributed by atoms with Crippen molar-refractivity contribution in [3.63, 3.8) is 0 Å². The maximum Gasteiger partial charge on any atom is 0.233 e. The average Bonchev–Trinajstić information content (AvgIpc) is 2.39. The van der Waals surface area contributed by atoms with E-state index in [0.717, 1.165) is 0 Å². The maximum absolute atomic E-state index is 12.3. The van der Waals surface area contributed by atoms with E-state index in [2.05, 4.69) is 15.3 Å². The zero-order chi connectivity index (χ0) is 13.0. The predicted molar refractivity (Wildman–Crippen MR) is 67.2 cm³/mol. The van der Waals surface area contributed by atoms with E-state index >= 15 is 0 Å². The molecule has 0 radical (unpaired) electrons. The molecule has 0 saturated carbocycles. The van der Waals surface area contributed by atoms with Crippen LogP contribution < -0.4 is 11.1 Å². The highest BCUT2D eigenvalue weighted by Gasteiger charge is 2.38. The summed E-state index contributed by atoms with van der Waals surface area (Å²) in [5.74, 6) is 0.252. The molecule has 2 rings (SSSR count). The van der Waals surface area contributed by atoms with E-state index in [1.807, 2.05) is 0 Å². The van der Waals surface area contributed by atoms with Gasteiger partial charge >= 0.3 is 0 Å². The summed E-state index contributed by atoms with van der Waals surface area (Å²) in [5.41, 5.74) is 5.17. The number of nitrogens with two attached hydrogens (primary N) is 1. The van der Waals surface area contributed by atoms with Gasteiger partial charge in [-0.1, -0.05) is 11.6 Å². The second-order valence-corrected chi connectivity index (χ2v) is 4.66. The molecule has 1 aliphatic rings. The van der Waals surface area contributed by atoms with Gasteiger partial charge in [-0.3, -0.25) is 4.79 Å². The number of halogens is 1. The van der Waals surface area contributed by atoms with Crippen LogP contribution in [0.3, 0.4) is 0 Å². The molecule has 7 heteroatoms. The van der Waals surface area contributed by atoms with E-state index in [0.29, 0.717) is 38.4 Å². The number of amides is 1. The van der Waals surface area contributed by atoms with Gasteiger partial charge in [0.05, 0.1) is 5.41 Å². The maximum atomic E-state index is 12.3. The standard InChI is InChI=1S/C11H15ClN4O2/c12-8-5-9(15-7-14-8)16-10(17)11(6-13)1-3-18-4-2-11/h5,7H,1-4,6,13H2,(H,14,15,16,17). The molecule has 0 aromatic carbocycles. The molecule has 0 bridgehead atoms. The van der Waals surface area contributed by atoms with Crippen LogP contribution in [0.15, 0.2) is 12.4 Å². The Balaban J connectivity index is 2.10. The Morgan fingerprint density at radius 3 is 2.83 bits per heavy atom. The summed E-state index contributed by atoms with van der Waals surface area (Å²) < 4.78 is 5.26. The van der Waals surface area contributed by atoms with Crippen LogP contribution in [-0.4, -0.2) is 35.6 Å². The minimum Gasteiger partial charge on any atom is -0.381 e. The van der Waals surface area contributed by atoms with E-state index < -0.39 is 5.41 Å². The van der Waals surface area contributed by atoms with Crippen LogP contribution >= 0.6 is 11.6 Å². The third kappa shape index (κ3) is 2.77. The molecule has 1 fully saturated rings. The summed E-state index contributed by atoms with van der Waals surface area (Å²) in [4.78, 5) is 20.0. The highest BCUT2D eigenvalue weighted by molar-refractivity contribution is 6.29. The van der Waals surface area contributed by atoms with Gasteiger partial charge in [-0.15, -0.1) is 0 Å². The van der Waals surface area contributed by atoms with E-state index in [1.54, 1.807) is 0 Å². The van der Waals surface area contributed by atoms with Crippen molar-refractivity contribution in [2.75, 3.05) is 25.1 Å². The van der Waals surface area contributed by atoms with Gasteiger partial charge in [-0.05, 0) is 12.8 Å². The van der Waals surface area contributed by atoms with Gasteiger partial charge in [-0.2, -0.15) is 0 Å². The van der Waals surface area contributed by atoms with Gasteiger partial charge in [0.15, 0.2) is 0 Å². The molecule has 1 aromatic rings. The Kier molecular flexibility index (Phi) is 4.11. The lowest BCUT2D eigenvalue weighted by molar-refractivity contribution is -0.130. The lowest BCUT2D eigenvalue weighted by atomic mass is 9.79. The molecule has 0 atom stereocenters. The fourth-order valence-electron chi connectivity index (χ4n) is 1.94. The number of hydrogen-bond acceptors (Lipinski definition) is 5. The molecule has 0 aliphatic carbocycles. The summed E-state index contributed by atoms with van der Waals surface area (Å²) >= 11 is 5.74. The molecule has 1 amide bonds. The Bertz CT molecular complexity index is 435. The molecule has 3 N–H and O–H groups in total. The monoisotopic (exact) mass is 270 g/mol. The van der Waals surface area contributed by atoms with Gasteiger partial charge < -0.3 is 15.8 Å². The number of anilines is 1. The normalized spacial score (nSPS) is 18.3. The number of nitrogens with one attached hydrogen (secondary N) is 1. The minimum absolute atomic E-state index is 0.136. The number of carbonyl (C=O) groups is 1. The molecular weight excluding hydrogens is 256 g/mol. The second-order valence-electron chi connectivity index (χ2n) is 4.28. The SMILES string of the molecule is NCC1(C(=O)Nc2cc(Cl)ncn2)CCOCC1. The highest BCUT2D eigenvalue weighted by atomic mass is 35.5. The number of nitrogens with zero attached hydrogens (tertiary/aromatic N) is 2. The third-order valence-corrected chi connectivity index (χ3v) is 3.40. The molecule has 1 aromatic heterocycles. The quantitative estimate of drug-likeness (QED) is 0.794. The first-order valence-corrected chi connectivity index (χ1v) is 6.11. The number of hydrogen-bond donors (Lipinski definition) is 2. The van der Waals surface area contributed by atoms with Crippen molar-refractivity contribution in [3.8, 4) is 0 Å². The van der Waals surface area contributed by atoms with Gasteiger partial charge in [-0.25, -0.2) is 9.97 Å². The second kappa shape index (κ2) is 5.60. The van der Waals surface area contributed by atoms with Crippen molar-refractivity contribution < 1.29 is 9.53 Å². The first kappa shape index (κ1) is 13.2. The molecular formula is C11H15ClN4O2. The Morgan fingerprint density at radius 2 is 2.22 bits per heavy atom. The van der Waals surface area contributed by atoms with E-state index in [4.69, 9.17) is 22.1 Å². The summed E-state index contributed by atoms with van der Waals surface area (Å²) in [6.45, 7) is 1.39. The van der Waals surface area contributed by atoms with Crippen LogP contribution in [0.25, 0.3) is 0 Å². The minimum atomic E-state index is -0.574. The predicted octanol–water partition coefficient (Wildman–Crippen LogP) is 0.824. The molecule has 1 saturated heterocycles. The fourth-order valence-corrected chi connectivity index (χ4v) is 2.08. The molecule has 1 aliphatic heterocycles.